The highest BCUT2D eigenvalue weighted by Crippen LogP contribution is 2.12. The summed E-state index contributed by atoms with van der Waals surface area (Å²) < 4.78 is 0. The summed E-state index contributed by atoms with van der Waals surface area (Å²) in [7, 11) is 6.72. The summed E-state index contributed by atoms with van der Waals surface area (Å²) in [6, 6.07) is 6.96. The molecule has 0 saturated heterocycles. The molecule has 45 valence electrons. The van der Waals surface area contributed by atoms with Gasteiger partial charge in [0.1, 0.15) is 7.05 Å². The van der Waals surface area contributed by atoms with Crippen molar-refractivity contribution in [3.63, 3.8) is 0 Å². The van der Waals surface area contributed by atoms with Crippen LogP contribution in [0.1, 0.15) is 0 Å². The van der Waals surface area contributed by atoms with E-state index in [1.54, 1.807) is 24.3 Å². The normalized spacial score (nSPS) is 9.11. The van der Waals surface area contributed by atoms with Crippen molar-refractivity contribution in [2.75, 3.05) is 5.32 Å². The van der Waals surface area contributed by atoms with Crippen LogP contribution in [0.15, 0.2) is 24.3 Å². The molecule has 0 saturated carbocycles. The van der Waals surface area contributed by atoms with Gasteiger partial charge in [-0.1, -0.05) is 11.6 Å². The molecule has 0 amide bonds. The van der Waals surface area contributed by atoms with E-state index in [1.165, 1.54) is 0 Å². The minimum Gasteiger partial charge on any atom is -0.373 e. The van der Waals surface area contributed by atoms with Crippen LogP contribution in [0.25, 0.3) is 0 Å². The standard InChI is InChI=1S/C7H5ClN/c1-9-7-4-2-6(8)3-5-7/h2-5,9H. The molecule has 0 unspecified atom stereocenters. The molecule has 0 aliphatic heterocycles. The maximum Gasteiger partial charge on any atom is 0.122 e. The van der Waals surface area contributed by atoms with Crippen LogP contribution in [-0.2, 0) is 0 Å². The molecule has 0 heterocycles. The highest BCUT2D eigenvalue weighted by atomic mass is 35.5. The Bertz CT molecular complexity index is 181. The topological polar surface area (TPSA) is 12.0 Å². The summed E-state index contributed by atoms with van der Waals surface area (Å²) in [6.07, 6.45) is 0. The summed E-state index contributed by atoms with van der Waals surface area (Å²) in [5.74, 6) is 0. The van der Waals surface area contributed by atoms with E-state index in [4.69, 9.17) is 18.6 Å². The van der Waals surface area contributed by atoms with Crippen molar-refractivity contribution >= 4 is 17.3 Å². The van der Waals surface area contributed by atoms with E-state index in [2.05, 4.69) is 5.32 Å². The van der Waals surface area contributed by atoms with Crippen LogP contribution in [0.3, 0.4) is 0 Å². The fourth-order valence-corrected chi connectivity index (χ4v) is 0.659. The number of hydrogen-bond donors (Lipinski definition) is 1. The molecule has 3 radical (unpaired) electrons. The number of hydrogen-bond acceptors (Lipinski definition) is 1. The first-order valence-corrected chi connectivity index (χ1v) is 2.89. The molecule has 1 rings (SSSR count). The molecule has 1 aromatic rings. The molecule has 0 bridgehead atoms. The highest BCUT2D eigenvalue weighted by molar-refractivity contribution is 6.30. The second-order valence-electron chi connectivity index (χ2n) is 1.63. The lowest BCUT2D eigenvalue weighted by Gasteiger charge is -1.95. The van der Waals surface area contributed by atoms with Crippen LogP contribution >= 0.6 is 11.6 Å². The van der Waals surface area contributed by atoms with E-state index in [0.29, 0.717) is 5.02 Å². The van der Waals surface area contributed by atoms with E-state index in [0.717, 1.165) is 5.69 Å². The first-order valence-electron chi connectivity index (χ1n) is 2.51. The van der Waals surface area contributed by atoms with Gasteiger partial charge in [0.05, 0.1) is 0 Å². The third kappa shape index (κ3) is 1.61. The van der Waals surface area contributed by atoms with Crippen LogP contribution in [-0.4, -0.2) is 0 Å². The Morgan fingerprint density at radius 2 is 1.78 bits per heavy atom. The number of nitrogens with one attached hydrogen (secondary N) is 1. The molecule has 2 heteroatoms. The van der Waals surface area contributed by atoms with E-state index in [9.17, 15) is 0 Å². The minimum absolute atomic E-state index is 0.689. The second kappa shape index (κ2) is 2.74. The molecular weight excluding hydrogens is 134 g/mol. The van der Waals surface area contributed by atoms with Gasteiger partial charge in [-0.3, -0.25) is 0 Å². The van der Waals surface area contributed by atoms with Gasteiger partial charge in [-0.05, 0) is 24.3 Å². The van der Waals surface area contributed by atoms with Crippen molar-refractivity contribution in [3.8, 4) is 0 Å². The van der Waals surface area contributed by atoms with Crippen LogP contribution in [0.5, 0.6) is 0 Å². The molecule has 0 atom stereocenters. The van der Waals surface area contributed by atoms with Gasteiger partial charge < -0.3 is 5.32 Å². The molecule has 0 aromatic heterocycles. The smallest absolute Gasteiger partial charge is 0.122 e. The van der Waals surface area contributed by atoms with Gasteiger partial charge in [0.15, 0.2) is 0 Å². The maximum atomic E-state index is 6.72. The van der Waals surface area contributed by atoms with Crippen molar-refractivity contribution in [2.24, 2.45) is 0 Å². The largest absolute Gasteiger partial charge is 0.373 e. The average Bonchev–Trinajstić information content (AvgIpc) is 1.90. The Hall–Kier alpha value is -0.690. The first-order chi connectivity index (χ1) is 4.33. The molecule has 0 aliphatic rings. The van der Waals surface area contributed by atoms with E-state index in [1.807, 2.05) is 0 Å². The van der Waals surface area contributed by atoms with Crippen LogP contribution in [0.2, 0.25) is 5.02 Å². The second-order valence-corrected chi connectivity index (χ2v) is 2.07. The lowest BCUT2D eigenvalue weighted by Crippen LogP contribution is -1.81. The number of halogens is 1. The minimum atomic E-state index is 0.689. The highest BCUT2D eigenvalue weighted by Gasteiger charge is 1.85. The monoisotopic (exact) mass is 138 g/mol. The lowest BCUT2D eigenvalue weighted by atomic mass is 10.3. The van der Waals surface area contributed by atoms with Gasteiger partial charge in [-0.25, -0.2) is 0 Å². The maximum absolute atomic E-state index is 6.72. The number of rotatable bonds is 1. The molecule has 1 nitrogen and oxygen atoms in total. The quantitative estimate of drug-likeness (QED) is 0.628. The number of benzene rings is 1. The van der Waals surface area contributed by atoms with Gasteiger partial charge in [0, 0.05) is 10.7 Å². The summed E-state index contributed by atoms with van der Waals surface area (Å²) in [6.45, 7) is 0. The predicted octanol–water partition coefficient (Wildman–Crippen LogP) is 2.30. The summed E-state index contributed by atoms with van der Waals surface area (Å²) in [4.78, 5) is 0. The summed E-state index contributed by atoms with van der Waals surface area (Å²) in [5, 5.41) is 2.93. The summed E-state index contributed by atoms with van der Waals surface area (Å²) in [5.41, 5.74) is 0.749. The zero-order chi connectivity index (χ0) is 6.69. The fourth-order valence-electron chi connectivity index (χ4n) is 0.533. The van der Waals surface area contributed by atoms with Crippen LogP contribution in [0.4, 0.5) is 5.69 Å². The van der Waals surface area contributed by atoms with Crippen molar-refractivity contribution < 1.29 is 0 Å². The Balaban J connectivity index is 2.88. The van der Waals surface area contributed by atoms with Crippen molar-refractivity contribution in [3.05, 3.63) is 36.3 Å². The predicted molar refractivity (Wildman–Crippen MR) is 38.3 cm³/mol. The fraction of sp³-hybridized carbons (Fsp3) is 0. The number of anilines is 1. The molecule has 9 heavy (non-hydrogen) atoms. The van der Waals surface area contributed by atoms with Crippen molar-refractivity contribution in [2.45, 2.75) is 0 Å². The Labute approximate surface area is 59.6 Å². The van der Waals surface area contributed by atoms with Crippen molar-refractivity contribution in [1.29, 1.82) is 0 Å². The zero-order valence-electron chi connectivity index (χ0n) is 4.69. The Morgan fingerprint density at radius 1 is 1.22 bits per heavy atom. The Kier molecular flexibility index (Phi) is 1.96. The first kappa shape index (κ1) is 6.43. The molecule has 1 aromatic carbocycles. The molecule has 0 spiro atoms. The van der Waals surface area contributed by atoms with E-state index < -0.39 is 0 Å². The van der Waals surface area contributed by atoms with Crippen molar-refractivity contribution in [1.82, 2.24) is 0 Å². The molecule has 1 N–H and O–H groups in total. The third-order valence-electron chi connectivity index (χ3n) is 0.989. The van der Waals surface area contributed by atoms with E-state index in [-0.39, 0.29) is 0 Å². The van der Waals surface area contributed by atoms with Gasteiger partial charge in [0.25, 0.3) is 0 Å². The molecule has 0 fully saturated rings. The molecular formula is C7H5ClN. The lowest BCUT2D eigenvalue weighted by molar-refractivity contribution is 1.59. The van der Waals surface area contributed by atoms with Gasteiger partial charge in [-0.15, -0.1) is 0 Å². The third-order valence-corrected chi connectivity index (χ3v) is 1.24. The van der Waals surface area contributed by atoms with E-state index >= 15 is 0 Å². The van der Waals surface area contributed by atoms with Gasteiger partial charge >= 0.3 is 0 Å². The van der Waals surface area contributed by atoms with Gasteiger partial charge in [0.2, 0.25) is 0 Å². The van der Waals surface area contributed by atoms with Crippen LogP contribution < -0.4 is 5.32 Å². The SMILES string of the molecule is [C]Nc1ccc(Cl)cc1. The summed E-state index contributed by atoms with van der Waals surface area (Å²) >= 11 is 5.58. The zero-order valence-corrected chi connectivity index (χ0v) is 5.44. The average molecular weight is 139 g/mol. The van der Waals surface area contributed by atoms with Gasteiger partial charge in [-0.2, -0.15) is 0 Å². The van der Waals surface area contributed by atoms with Crippen LogP contribution in [0, 0.1) is 7.05 Å². The molecule has 0 aliphatic carbocycles. The Morgan fingerprint density at radius 3 is 2.22 bits per heavy atom.